The summed E-state index contributed by atoms with van der Waals surface area (Å²) in [5, 5.41) is 5.04. The minimum Gasteiger partial charge on any atom is -0.454 e. The Morgan fingerprint density at radius 1 is 1.00 bits per heavy atom. The Hall–Kier alpha value is -3.00. The number of nitrogens with two attached hydrogens (primary N) is 1. The van der Waals surface area contributed by atoms with E-state index in [-0.39, 0.29) is 6.42 Å². The highest BCUT2D eigenvalue weighted by Crippen LogP contribution is 2.15. The Morgan fingerprint density at radius 3 is 2.29 bits per heavy atom. The first-order chi connectivity index (χ1) is 13.5. The maximum absolute atomic E-state index is 12.2. The van der Waals surface area contributed by atoms with Crippen molar-refractivity contribution in [2.45, 2.75) is 17.4 Å². The lowest BCUT2D eigenvalue weighted by Crippen LogP contribution is -2.46. The first-order valence-electron chi connectivity index (χ1n) is 8.75. The van der Waals surface area contributed by atoms with Gasteiger partial charge in [0, 0.05) is 23.6 Å². The first-order valence-corrected chi connectivity index (χ1v) is 9.74. The number of carbonyl (C=O) groups excluding carboxylic acids is 3. The SMILES string of the molecule is NC(=O)N[C@@H](Cc1ccccc1)C(=O)OCC(=O)NCCSc1ccccc1. The van der Waals surface area contributed by atoms with Crippen LogP contribution in [0.1, 0.15) is 5.56 Å². The molecule has 1 atom stereocenters. The molecule has 2 aromatic rings. The molecule has 0 saturated carbocycles. The molecule has 7 nitrogen and oxygen atoms in total. The van der Waals surface area contributed by atoms with E-state index in [4.69, 9.17) is 10.5 Å². The van der Waals surface area contributed by atoms with Gasteiger partial charge in [0.25, 0.3) is 5.91 Å². The van der Waals surface area contributed by atoms with Crippen molar-refractivity contribution in [1.29, 1.82) is 0 Å². The molecule has 4 N–H and O–H groups in total. The molecule has 0 saturated heterocycles. The number of thioether (sulfide) groups is 1. The third-order valence-electron chi connectivity index (χ3n) is 3.67. The van der Waals surface area contributed by atoms with Crippen molar-refractivity contribution in [1.82, 2.24) is 10.6 Å². The molecule has 2 aromatic carbocycles. The van der Waals surface area contributed by atoms with Crippen molar-refractivity contribution < 1.29 is 19.1 Å². The van der Waals surface area contributed by atoms with E-state index < -0.39 is 30.6 Å². The Bertz CT molecular complexity index is 772. The van der Waals surface area contributed by atoms with Crippen molar-refractivity contribution in [2.24, 2.45) is 5.73 Å². The van der Waals surface area contributed by atoms with E-state index in [2.05, 4.69) is 10.6 Å². The zero-order valence-corrected chi connectivity index (χ0v) is 16.1. The first kappa shape index (κ1) is 21.3. The molecular weight excluding hydrogens is 378 g/mol. The number of amides is 3. The molecule has 0 fully saturated rings. The summed E-state index contributed by atoms with van der Waals surface area (Å²) in [4.78, 5) is 36.3. The van der Waals surface area contributed by atoms with Gasteiger partial charge in [0.15, 0.2) is 6.61 Å². The molecule has 28 heavy (non-hydrogen) atoms. The number of primary amides is 1. The fourth-order valence-corrected chi connectivity index (χ4v) is 3.17. The third-order valence-corrected chi connectivity index (χ3v) is 4.68. The molecule has 0 aliphatic heterocycles. The predicted octanol–water partition coefficient (Wildman–Crippen LogP) is 1.72. The van der Waals surface area contributed by atoms with E-state index in [0.717, 1.165) is 10.5 Å². The number of urea groups is 1. The van der Waals surface area contributed by atoms with Crippen LogP contribution in [0.15, 0.2) is 65.6 Å². The van der Waals surface area contributed by atoms with Gasteiger partial charge in [0.1, 0.15) is 6.04 Å². The largest absolute Gasteiger partial charge is 0.454 e. The van der Waals surface area contributed by atoms with Gasteiger partial charge in [-0.3, -0.25) is 4.79 Å². The molecule has 0 radical (unpaired) electrons. The number of hydrogen-bond acceptors (Lipinski definition) is 5. The van der Waals surface area contributed by atoms with Crippen LogP contribution >= 0.6 is 11.8 Å². The van der Waals surface area contributed by atoms with Crippen LogP contribution < -0.4 is 16.4 Å². The van der Waals surface area contributed by atoms with Crippen LogP contribution in [0, 0.1) is 0 Å². The molecule has 148 valence electrons. The van der Waals surface area contributed by atoms with E-state index in [1.165, 1.54) is 0 Å². The molecule has 3 amide bonds. The predicted molar refractivity (Wildman–Crippen MR) is 108 cm³/mol. The molecule has 0 bridgehead atoms. The maximum atomic E-state index is 12.2. The van der Waals surface area contributed by atoms with Crippen LogP contribution in [0.3, 0.4) is 0 Å². The molecular formula is C20H23N3O4S. The van der Waals surface area contributed by atoms with E-state index in [1.54, 1.807) is 11.8 Å². The van der Waals surface area contributed by atoms with Gasteiger partial charge in [0.2, 0.25) is 0 Å². The molecule has 8 heteroatoms. The number of carbonyl (C=O) groups is 3. The highest BCUT2D eigenvalue weighted by Gasteiger charge is 2.22. The van der Waals surface area contributed by atoms with Crippen LogP contribution in [0.4, 0.5) is 4.79 Å². The van der Waals surface area contributed by atoms with Crippen LogP contribution in [0.25, 0.3) is 0 Å². The second-order valence-corrected chi connectivity index (χ2v) is 7.04. The molecule has 0 aliphatic rings. The average Bonchev–Trinajstić information content (AvgIpc) is 2.70. The summed E-state index contributed by atoms with van der Waals surface area (Å²) in [6.45, 7) is 0.0312. The quantitative estimate of drug-likeness (QED) is 0.319. The second kappa shape index (κ2) is 11.7. The van der Waals surface area contributed by atoms with Gasteiger partial charge in [-0.2, -0.15) is 0 Å². The summed E-state index contributed by atoms with van der Waals surface area (Å²) in [5.41, 5.74) is 5.96. The fourth-order valence-electron chi connectivity index (χ4n) is 2.38. The van der Waals surface area contributed by atoms with Crippen molar-refractivity contribution in [2.75, 3.05) is 18.9 Å². The zero-order chi connectivity index (χ0) is 20.2. The number of rotatable bonds is 10. The lowest BCUT2D eigenvalue weighted by Gasteiger charge is -2.16. The number of hydrogen-bond donors (Lipinski definition) is 3. The Balaban J connectivity index is 1.72. The molecule has 0 aliphatic carbocycles. The van der Waals surface area contributed by atoms with Gasteiger partial charge >= 0.3 is 12.0 Å². The van der Waals surface area contributed by atoms with Crippen molar-refractivity contribution in [3.05, 3.63) is 66.2 Å². The van der Waals surface area contributed by atoms with Crippen LogP contribution in [-0.2, 0) is 20.7 Å². The summed E-state index contributed by atoms with van der Waals surface area (Å²) in [7, 11) is 0. The number of ether oxygens (including phenoxy) is 1. The minimum absolute atomic E-state index is 0.220. The topological polar surface area (TPSA) is 111 Å². The highest BCUT2D eigenvalue weighted by atomic mass is 32.2. The minimum atomic E-state index is -0.957. The van der Waals surface area contributed by atoms with Crippen LogP contribution in [0.5, 0.6) is 0 Å². The van der Waals surface area contributed by atoms with Gasteiger partial charge in [-0.05, 0) is 17.7 Å². The van der Waals surface area contributed by atoms with Gasteiger partial charge in [-0.15, -0.1) is 11.8 Å². The summed E-state index contributed by atoms with van der Waals surface area (Å²) >= 11 is 1.62. The number of nitrogens with one attached hydrogen (secondary N) is 2. The van der Waals surface area contributed by atoms with Crippen molar-refractivity contribution in [3.8, 4) is 0 Å². The van der Waals surface area contributed by atoms with Crippen molar-refractivity contribution in [3.63, 3.8) is 0 Å². The fraction of sp³-hybridized carbons (Fsp3) is 0.250. The van der Waals surface area contributed by atoms with E-state index >= 15 is 0 Å². The second-order valence-electron chi connectivity index (χ2n) is 5.87. The van der Waals surface area contributed by atoms with E-state index in [0.29, 0.717) is 12.3 Å². The molecule has 2 rings (SSSR count). The number of benzene rings is 2. The summed E-state index contributed by atoms with van der Waals surface area (Å²) < 4.78 is 5.03. The Labute approximate surface area is 168 Å². The van der Waals surface area contributed by atoms with Gasteiger partial charge < -0.3 is 21.1 Å². The van der Waals surface area contributed by atoms with Gasteiger partial charge in [-0.1, -0.05) is 48.5 Å². The molecule has 0 unspecified atom stereocenters. The van der Waals surface area contributed by atoms with Crippen molar-refractivity contribution >= 4 is 29.7 Å². The number of esters is 1. The lowest BCUT2D eigenvalue weighted by atomic mass is 10.1. The smallest absolute Gasteiger partial charge is 0.329 e. The Morgan fingerprint density at radius 2 is 1.64 bits per heavy atom. The van der Waals surface area contributed by atoms with E-state index in [9.17, 15) is 14.4 Å². The molecule has 0 heterocycles. The third kappa shape index (κ3) is 8.13. The zero-order valence-electron chi connectivity index (χ0n) is 15.3. The highest BCUT2D eigenvalue weighted by molar-refractivity contribution is 7.99. The van der Waals surface area contributed by atoms with Crippen LogP contribution in [0.2, 0.25) is 0 Å². The molecule has 0 aromatic heterocycles. The van der Waals surface area contributed by atoms with E-state index in [1.807, 2.05) is 60.7 Å². The Kier molecular flexibility index (Phi) is 8.87. The summed E-state index contributed by atoms with van der Waals surface area (Å²) in [6, 6.07) is 17.2. The van der Waals surface area contributed by atoms with Crippen LogP contribution in [-0.4, -0.2) is 42.9 Å². The maximum Gasteiger partial charge on any atom is 0.329 e. The van der Waals surface area contributed by atoms with Gasteiger partial charge in [-0.25, -0.2) is 9.59 Å². The summed E-state index contributed by atoms with van der Waals surface area (Å²) in [5.74, 6) is -0.417. The summed E-state index contributed by atoms with van der Waals surface area (Å²) in [6.07, 6.45) is 0.220. The standard InChI is InChI=1S/C20H23N3O4S/c21-20(26)23-17(13-15-7-3-1-4-8-15)19(25)27-14-18(24)22-11-12-28-16-9-5-2-6-10-16/h1-10,17H,11-14H2,(H,22,24)(H3,21,23,26)/t17-/m0/s1. The van der Waals surface area contributed by atoms with Gasteiger partial charge in [0.05, 0.1) is 0 Å². The molecule has 0 spiro atoms. The average molecular weight is 401 g/mol. The monoisotopic (exact) mass is 401 g/mol. The normalized spacial score (nSPS) is 11.3. The lowest BCUT2D eigenvalue weighted by molar-refractivity contribution is -0.150.